The van der Waals surface area contributed by atoms with Crippen molar-refractivity contribution in [3.05, 3.63) is 97.9 Å². The van der Waals surface area contributed by atoms with Crippen LogP contribution >= 0.6 is 0 Å². The largest absolute Gasteiger partial charge is 0.378 e. The smallest absolute Gasteiger partial charge is 0.175 e. The first-order chi connectivity index (χ1) is 14.5. The highest BCUT2D eigenvalue weighted by Gasteiger charge is 2.45. The van der Waals surface area contributed by atoms with Crippen molar-refractivity contribution in [2.75, 3.05) is 33.0 Å². The lowest BCUT2D eigenvalue weighted by molar-refractivity contribution is 0.0574. The average molecular weight is 438 g/mol. The Labute approximate surface area is 184 Å². The molecule has 3 nitrogen and oxygen atoms in total. The number of hydrogen-bond donors (Lipinski definition) is 0. The molecule has 5 heteroatoms. The van der Waals surface area contributed by atoms with Crippen LogP contribution in [-0.4, -0.2) is 53.7 Å². The molecule has 0 bridgehead atoms. The minimum absolute atomic E-state index is 0.556. The van der Waals surface area contributed by atoms with E-state index < -0.39 is 16.5 Å². The normalized spacial score (nSPS) is 15.2. The van der Waals surface area contributed by atoms with E-state index in [-0.39, 0.29) is 0 Å². The van der Waals surface area contributed by atoms with Gasteiger partial charge < -0.3 is 13.7 Å². The SMILES string of the molecule is C=CCOCCOCCN([Si](C)(C=C)c1ccccc1)[Si](C)(C=C)c1ccccc1. The van der Waals surface area contributed by atoms with Crippen molar-refractivity contribution >= 4 is 26.8 Å². The summed E-state index contributed by atoms with van der Waals surface area (Å²) < 4.78 is 14.1. The number of ether oxygens (including phenoxy) is 2. The molecular formula is C25H35NO2Si2. The lowest BCUT2D eigenvalue weighted by atomic mass is 10.4. The fraction of sp³-hybridized carbons (Fsp3) is 0.280. The number of rotatable bonds is 14. The van der Waals surface area contributed by atoms with Crippen LogP contribution in [0.4, 0.5) is 0 Å². The van der Waals surface area contributed by atoms with Gasteiger partial charge in [-0.25, -0.2) is 0 Å². The zero-order valence-corrected chi connectivity index (χ0v) is 20.4. The highest BCUT2D eigenvalue weighted by Crippen LogP contribution is 2.22. The Bertz CT molecular complexity index is 742. The summed E-state index contributed by atoms with van der Waals surface area (Å²) >= 11 is 0. The summed E-state index contributed by atoms with van der Waals surface area (Å²) in [5.41, 5.74) is 4.38. The van der Waals surface area contributed by atoms with Crippen molar-refractivity contribution in [3.63, 3.8) is 0 Å². The van der Waals surface area contributed by atoms with E-state index in [9.17, 15) is 0 Å². The van der Waals surface area contributed by atoms with E-state index in [1.807, 2.05) is 0 Å². The summed E-state index contributed by atoms with van der Waals surface area (Å²) in [5.74, 6) is 0. The minimum Gasteiger partial charge on any atom is -0.378 e. The second kappa shape index (κ2) is 12.0. The molecule has 2 aromatic carbocycles. The summed E-state index contributed by atoms with van der Waals surface area (Å²) in [6.07, 6.45) is 1.75. The van der Waals surface area contributed by atoms with Crippen molar-refractivity contribution in [2.24, 2.45) is 0 Å². The van der Waals surface area contributed by atoms with Crippen LogP contribution in [0.1, 0.15) is 0 Å². The molecule has 160 valence electrons. The van der Waals surface area contributed by atoms with Crippen LogP contribution in [0.15, 0.2) is 97.9 Å². The van der Waals surface area contributed by atoms with Gasteiger partial charge in [0.2, 0.25) is 0 Å². The molecule has 2 rings (SSSR count). The van der Waals surface area contributed by atoms with Crippen LogP contribution in [0.25, 0.3) is 0 Å². The lowest BCUT2D eigenvalue weighted by Gasteiger charge is -2.47. The molecule has 30 heavy (non-hydrogen) atoms. The van der Waals surface area contributed by atoms with Gasteiger partial charge in [0, 0.05) is 6.54 Å². The summed E-state index contributed by atoms with van der Waals surface area (Å²) in [6.45, 7) is 20.2. The molecule has 2 atom stereocenters. The first-order valence-electron chi connectivity index (χ1n) is 10.4. The molecule has 0 amide bonds. The highest BCUT2D eigenvalue weighted by molar-refractivity contribution is 7.06. The number of benzene rings is 2. The molecule has 2 aromatic rings. The molecule has 0 aromatic heterocycles. The molecule has 0 radical (unpaired) electrons. The van der Waals surface area contributed by atoms with Crippen LogP contribution in [0, 0.1) is 0 Å². The van der Waals surface area contributed by atoms with Gasteiger partial charge >= 0.3 is 0 Å². The van der Waals surface area contributed by atoms with Gasteiger partial charge in [-0.3, -0.25) is 0 Å². The number of hydrogen-bond acceptors (Lipinski definition) is 3. The zero-order valence-electron chi connectivity index (χ0n) is 18.4. The van der Waals surface area contributed by atoms with Gasteiger partial charge in [-0.1, -0.05) is 78.1 Å². The van der Waals surface area contributed by atoms with Gasteiger partial charge in [-0.15, -0.1) is 19.7 Å². The van der Waals surface area contributed by atoms with Crippen LogP contribution < -0.4 is 10.4 Å². The van der Waals surface area contributed by atoms with Gasteiger partial charge in [-0.2, -0.15) is 0 Å². The lowest BCUT2D eigenvalue weighted by Crippen LogP contribution is -2.73. The molecule has 0 saturated carbocycles. The van der Waals surface area contributed by atoms with Crippen LogP contribution in [0.2, 0.25) is 13.1 Å². The van der Waals surface area contributed by atoms with Crippen LogP contribution in [0.3, 0.4) is 0 Å². The molecule has 0 aliphatic carbocycles. The second-order valence-electron chi connectivity index (χ2n) is 7.56. The predicted molar refractivity (Wildman–Crippen MR) is 134 cm³/mol. The first-order valence-corrected chi connectivity index (χ1v) is 15.5. The maximum absolute atomic E-state index is 5.94. The first kappa shape index (κ1) is 24.2. The van der Waals surface area contributed by atoms with Gasteiger partial charge in [0.15, 0.2) is 16.5 Å². The Morgan fingerprint density at radius 1 is 0.733 bits per heavy atom. The number of nitrogens with zero attached hydrogens (tertiary/aromatic N) is 1. The van der Waals surface area contributed by atoms with E-state index in [4.69, 9.17) is 9.47 Å². The molecule has 0 aliphatic heterocycles. The monoisotopic (exact) mass is 437 g/mol. The van der Waals surface area contributed by atoms with Crippen LogP contribution in [0.5, 0.6) is 0 Å². The van der Waals surface area contributed by atoms with Crippen molar-refractivity contribution in [3.8, 4) is 0 Å². The Balaban J connectivity index is 2.33. The van der Waals surface area contributed by atoms with E-state index >= 15 is 0 Å². The van der Waals surface area contributed by atoms with E-state index in [0.29, 0.717) is 26.4 Å². The van der Waals surface area contributed by atoms with E-state index in [0.717, 1.165) is 6.54 Å². The van der Waals surface area contributed by atoms with E-state index in [1.54, 1.807) is 6.08 Å². The second-order valence-corrected chi connectivity index (χ2v) is 15.7. The molecule has 2 unspecified atom stereocenters. The Hall–Kier alpha value is -2.03. The van der Waals surface area contributed by atoms with E-state index in [1.165, 1.54) is 10.4 Å². The third-order valence-electron chi connectivity index (χ3n) is 5.70. The average Bonchev–Trinajstić information content (AvgIpc) is 2.81. The summed E-state index contributed by atoms with van der Waals surface area (Å²) in [6, 6.07) is 21.5. The standard InChI is InChI=1S/C25H35NO2Si2/c1-6-20-27-22-23-28-21-19-26(29(4,7-2)24-15-11-9-12-16-24)30(5,8-3)25-17-13-10-14-18-25/h6-18H,1-3,19-23H2,4-5H3. The van der Waals surface area contributed by atoms with Crippen molar-refractivity contribution in [1.29, 1.82) is 0 Å². The highest BCUT2D eigenvalue weighted by atomic mass is 28.4. The molecule has 0 aliphatic rings. The van der Waals surface area contributed by atoms with Gasteiger partial charge in [0.1, 0.15) is 0 Å². The Morgan fingerprint density at radius 2 is 1.20 bits per heavy atom. The topological polar surface area (TPSA) is 21.7 Å². The molecule has 0 saturated heterocycles. The third kappa shape index (κ3) is 5.77. The molecular weight excluding hydrogens is 402 g/mol. The Kier molecular flexibility index (Phi) is 9.68. The minimum atomic E-state index is -2.19. The van der Waals surface area contributed by atoms with Crippen molar-refractivity contribution < 1.29 is 9.47 Å². The van der Waals surface area contributed by atoms with Gasteiger partial charge in [0.05, 0.1) is 26.4 Å². The summed E-state index contributed by atoms with van der Waals surface area (Å²) in [5, 5.41) is 2.71. The molecule has 0 spiro atoms. The van der Waals surface area contributed by atoms with Crippen molar-refractivity contribution in [1.82, 2.24) is 4.23 Å². The summed E-state index contributed by atoms with van der Waals surface area (Å²) in [4.78, 5) is 0. The third-order valence-corrected chi connectivity index (χ3v) is 15.8. The molecule has 0 heterocycles. The van der Waals surface area contributed by atoms with Gasteiger partial charge in [0.25, 0.3) is 0 Å². The summed E-state index contributed by atoms with van der Waals surface area (Å²) in [7, 11) is -4.37. The maximum atomic E-state index is 5.94. The van der Waals surface area contributed by atoms with E-state index in [2.05, 4.69) is 109 Å². The maximum Gasteiger partial charge on any atom is 0.175 e. The zero-order chi connectivity index (χ0) is 21.9. The van der Waals surface area contributed by atoms with Crippen LogP contribution in [-0.2, 0) is 9.47 Å². The van der Waals surface area contributed by atoms with Crippen molar-refractivity contribution in [2.45, 2.75) is 13.1 Å². The Morgan fingerprint density at radius 3 is 1.63 bits per heavy atom. The molecule has 0 N–H and O–H groups in total. The molecule has 0 fully saturated rings. The quantitative estimate of drug-likeness (QED) is 0.254. The van der Waals surface area contributed by atoms with Gasteiger partial charge in [-0.05, 0) is 23.5 Å². The fourth-order valence-corrected chi connectivity index (χ4v) is 13.4. The fourth-order valence-electron chi connectivity index (χ4n) is 3.81. The predicted octanol–water partition coefficient (Wildman–Crippen LogP) is 3.92.